The molecule has 1 aromatic heterocycles. The van der Waals surface area contributed by atoms with Crippen molar-refractivity contribution in [3.05, 3.63) is 38.7 Å². The molecule has 88 valence electrons. The van der Waals surface area contributed by atoms with Gasteiger partial charge in [-0.1, -0.05) is 0 Å². The number of carboxylic acids is 1. The van der Waals surface area contributed by atoms with Crippen LogP contribution in [0.15, 0.2) is 22.2 Å². The highest BCUT2D eigenvalue weighted by molar-refractivity contribution is 5.91. The fourth-order valence-corrected chi connectivity index (χ4v) is 1.51. The first-order valence-electron chi connectivity index (χ1n) is 4.54. The van der Waals surface area contributed by atoms with Crippen LogP contribution in [0.5, 0.6) is 0 Å². The minimum atomic E-state index is -1.40. The van der Waals surface area contributed by atoms with E-state index < -0.39 is 29.2 Å². The van der Waals surface area contributed by atoms with Gasteiger partial charge >= 0.3 is 11.9 Å². The topological polar surface area (TPSA) is 115 Å². The van der Waals surface area contributed by atoms with Gasteiger partial charge in [-0.2, -0.15) is 0 Å². The van der Waals surface area contributed by atoms with Crippen LogP contribution in [0, 0.1) is 4.91 Å². The highest BCUT2D eigenvalue weighted by atomic mass is 16.6. The maximum Gasteiger partial charge on any atom is 0.357 e. The number of carbonyl (C=O) groups excluding carboxylic acids is 1. The van der Waals surface area contributed by atoms with Crippen molar-refractivity contribution < 1.29 is 19.4 Å². The zero-order valence-electron chi connectivity index (χ0n) is 8.32. The van der Waals surface area contributed by atoms with Crippen molar-refractivity contribution in [2.45, 2.75) is 12.8 Å². The molecule has 1 unspecified atom stereocenters. The van der Waals surface area contributed by atoms with Crippen molar-refractivity contribution >= 4 is 11.9 Å². The third-order valence-electron chi connectivity index (χ3n) is 2.28. The fraction of sp³-hybridized carbons (Fsp3) is 0.222. The molecule has 1 atom stereocenters. The summed E-state index contributed by atoms with van der Waals surface area (Å²) in [5.74, 6) is -2.28. The molecule has 0 amide bonds. The molecule has 1 aliphatic rings. The number of carboxylic acid groups (broad SMARTS) is 1. The molecule has 0 bridgehead atoms. The van der Waals surface area contributed by atoms with Crippen molar-refractivity contribution in [3.63, 3.8) is 0 Å². The molecule has 1 N–H and O–H groups in total. The van der Waals surface area contributed by atoms with E-state index in [0.29, 0.717) is 0 Å². The Morgan fingerprint density at radius 1 is 1.53 bits per heavy atom. The monoisotopic (exact) mass is 238 g/mol. The van der Waals surface area contributed by atoms with Crippen molar-refractivity contribution in [3.8, 4) is 0 Å². The minimum absolute atomic E-state index is 0.0973. The quantitative estimate of drug-likeness (QED) is 0.564. The average molecular weight is 238 g/mol. The molecule has 0 aromatic carbocycles. The number of nitrogens with zero attached hydrogens (tertiary/aromatic N) is 2. The number of hydrogen-bond donors (Lipinski definition) is 1. The van der Waals surface area contributed by atoms with Crippen molar-refractivity contribution in [1.82, 2.24) is 4.57 Å². The molecular weight excluding hydrogens is 232 g/mol. The smallest absolute Gasteiger partial charge is 0.357 e. The molecule has 17 heavy (non-hydrogen) atoms. The summed E-state index contributed by atoms with van der Waals surface area (Å²) in [6, 6.07) is 0.868. The summed E-state index contributed by atoms with van der Waals surface area (Å²) in [6.45, 7) is -0.106. The number of rotatable bonds is 2. The molecule has 0 spiro atoms. The van der Waals surface area contributed by atoms with Gasteiger partial charge < -0.3 is 14.4 Å². The lowest BCUT2D eigenvalue weighted by molar-refractivity contribution is 0.0177. The number of nitroso groups, excluding NO2 is 1. The number of carbonyl (C=O) groups is 2. The summed E-state index contributed by atoms with van der Waals surface area (Å²) in [5, 5.41) is 11.3. The third-order valence-corrected chi connectivity index (χ3v) is 2.28. The normalized spacial score (nSPS) is 18.1. The summed E-state index contributed by atoms with van der Waals surface area (Å²) in [4.78, 5) is 43.7. The van der Waals surface area contributed by atoms with E-state index in [2.05, 4.69) is 9.91 Å². The molecule has 1 aromatic rings. The maximum absolute atomic E-state index is 11.4. The standard InChI is InChI=1S/C9H6N2O6/c12-6-1-5-9(15)17-7(10-16)3-11(5)2-4(6)8(13)14/h1-2,7H,3H2,(H,13,14). The second-order valence-electron chi connectivity index (χ2n) is 3.36. The van der Waals surface area contributed by atoms with Crippen LogP contribution in [0.2, 0.25) is 0 Å². The van der Waals surface area contributed by atoms with Crippen LogP contribution >= 0.6 is 0 Å². The van der Waals surface area contributed by atoms with E-state index in [1.165, 1.54) is 4.57 Å². The molecule has 0 fully saturated rings. The van der Waals surface area contributed by atoms with Gasteiger partial charge in [0.15, 0.2) is 5.43 Å². The van der Waals surface area contributed by atoms with Crippen LogP contribution in [0.25, 0.3) is 0 Å². The van der Waals surface area contributed by atoms with E-state index in [9.17, 15) is 19.3 Å². The Kier molecular flexibility index (Phi) is 2.47. The van der Waals surface area contributed by atoms with E-state index in [0.717, 1.165) is 12.3 Å². The predicted molar refractivity (Wildman–Crippen MR) is 52.7 cm³/mol. The number of esters is 1. The van der Waals surface area contributed by atoms with Gasteiger partial charge in [-0.05, 0) is 5.18 Å². The number of ether oxygens (including phenoxy) is 1. The molecule has 8 nitrogen and oxygen atoms in total. The van der Waals surface area contributed by atoms with E-state index in [-0.39, 0.29) is 12.2 Å². The van der Waals surface area contributed by atoms with Crippen LogP contribution in [0.1, 0.15) is 20.8 Å². The van der Waals surface area contributed by atoms with Gasteiger partial charge in [0.1, 0.15) is 11.3 Å². The summed E-state index contributed by atoms with van der Waals surface area (Å²) >= 11 is 0. The van der Waals surface area contributed by atoms with Gasteiger partial charge in [-0.3, -0.25) is 4.79 Å². The molecule has 0 radical (unpaired) electrons. The third kappa shape index (κ3) is 1.80. The van der Waals surface area contributed by atoms with Crippen LogP contribution in [-0.2, 0) is 11.3 Å². The molecule has 8 heteroatoms. The molecular formula is C9H6N2O6. The predicted octanol–water partition coefficient (Wildman–Crippen LogP) is -0.191. The van der Waals surface area contributed by atoms with E-state index in [4.69, 9.17) is 5.11 Å². The van der Waals surface area contributed by atoms with E-state index in [1.807, 2.05) is 0 Å². The number of aromatic carboxylic acids is 1. The Bertz CT molecular complexity index is 575. The molecule has 2 heterocycles. The summed E-state index contributed by atoms with van der Waals surface area (Å²) in [6.07, 6.45) is -0.211. The first-order chi connectivity index (χ1) is 8.02. The highest BCUT2D eigenvalue weighted by Gasteiger charge is 2.28. The van der Waals surface area contributed by atoms with Gasteiger partial charge in [0.05, 0.1) is 6.54 Å². The van der Waals surface area contributed by atoms with Gasteiger partial charge in [0.2, 0.25) is 0 Å². The lowest BCUT2D eigenvalue weighted by atomic mass is 10.2. The lowest BCUT2D eigenvalue weighted by Gasteiger charge is -2.21. The molecule has 0 aliphatic carbocycles. The highest BCUT2D eigenvalue weighted by Crippen LogP contribution is 2.14. The van der Waals surface area contributed by atoms with E-state index in [1.54, 1.807) is 0 Å². The lowest BCUT2D eigenvalue weighted by Crippen LogP contribution is -2.34. The van der Waals surface area contributed by atoms with Gasteiger partial charge in [0.25, 0.3) is 6.23 Å². The van der Waals surface area contributed by atoms with Crippen molar-refractivity contribution in [2.24, 2.45) is 5.18 Å². The second kappa shape index (κ2) is 3.81. The van der Waals surface area contributed by atoms with Crippen LogP contribution in [0.4, 0.5) is 0 Å². The molecule has 2 rings (SSSR count). The Labute approximate surface area is 93.4 Å². The zero-order chi connectivity index (χ0) is 12.6. The Hall–Kier alpha value is -2.51. The van der Waals surface area contributed by atoms with Crippen LogP contribution in [0.3, 0.4) is 0 Å². The summed E-state index contributed by atoms with van der Waals surface area (Å²) in [7, 11) is 0. The summed E-state index contributed by atoms with van der Waals surface area (Å²) < 4.78 is 5.76. The fourth-order valence-electron chi connectivity index (χ4n) is 1.51. The molecule has 1 aliphatic heterocycles. The Morgan fingerprint density at radius 2 is 2.24 bits per heavy atom. The first-order valence-corrected chi connectivity index (χ1v) is 4.54. The number of aromatic nitrogens is 1. The second-order valence-corrected chi connectivity index (χ2v) is 3.36. The van der Waals surface area contributed by atoms with Crippen molar-refractivity contribution in [2.75, 3.05) is 0 Å². The first kappa shape index (κ1) is 11.0. The maximum atomic E-state index is 11.4. The van der Waals surface area contributed by atoms with Crippen molar-refractivity contribution in [1.29, 1.82) is 0 Å². The largest absolute Gasteiger partial charge is 0.477 e. The molecule has 0 saturated heterocycles. The van der Waals surface area contributed by atoms with Crippen LogP contribution < -0.4 is 5.43 Å². The number of fused-ring (bicyclic) bond motifs is 1. The number of pyridine rings is 1. The van der Waals surface area contributed by atoms with Gasteiger partial charge in [-0.25, -0.2) is 9.59 Å². The molecule has 0 saturated carbocycles. The number of cyclic esters (lactones) is 1. The Morgan fingerprint density at radius 3 is 2.82 bits per heavy atom. The van der Waals surface area contributed by atoms with Crippen LogP contribution in [-0.4, -0.2) is 27.8 Å². The summed E-state index contributed by atoms with van der Waals surface area (Å²) in [5.41, 5.74) is -1.37. The Balaban J connectivity index is 2.58. The SMILES string of the molecule is O=NC1Cn2cc(C(=O)O)c(=O)cc2C(=O)O1. The average Bonchev–Trinajstić information content (AvgIpc) is 2.28. The van der Waals surface area contributed by atoms with E-state index >= 15 is 0 Å². The zero-order valence-corrected chi connectivity index (χ0v) is 8.32. The van der Waals surface area contributed by atoms with Gasteiger partial charge in [0, 0.05) is 12.3 Å². The van der Waals surface area contributed by atoms with Gasteiger partial charge in [-0.15, -0.1) is 4.91 Å². The number of hydrogen-bond acceptors (Lipinski definition) is 6. The minimum Gasteiger partial charge on any atom is -0.477 e.